The Balaban J connectivity index is 1.38. The van der Waals surface area contributed by atoms with Crippen LogP contribution in [0.3, 0.4) is 0 Å². The minimum absolute atomic E-state index is 0.0889. The third kappa shape index (κ3) is 9.29. The van der Waals surface area contributed by atoms with Crippen molar-refractivity contribution in [3.63, 3.8) is 0 Å². The van der Waals surface area contributed by atoms with Crippen molar-refractivity contribution in [1.29, 1.82) is 0 Å². The highest BCUT2D eigenvalue weighted by Gasteiger charge is 2.35. The van der Waals surface area contributed by atoms with Gasteiger partial charge in [-0.05, 0) is 80.1 Å². The Bertz CT molecular complexity index is 1690. The van der Waals surface area contributed by atoms with E-state index >= 15 is 0 Å². The molecule has 0 aliphatic carbocycles. The molecule has 0 radical (unpaired) electrons. The van der Waals surface area contributed by atoms with Gasteiger partial charge in [0.25, 0.3) is 5.91 Å². The molecule has 4 aromatic carbocycles. The minimum Gasteiger partial charge on any atom is -0.486 e. The van der Waals surface area contributed by atoms with Crippen LogP contribution in [-0.4, -0.2) is 65.6 Å². The van der Waals surface area contributed by atoms with Crippen LogP contribution in [0, 0.1) is 11.7 Å². The maximum absolute atomic E-state index is 14.0. The Morgan fingerprint density at radius 1 is 1.02 bits per heavy atom. The van der Waals surface area contributed by atoms with Gasteiger partial charge in [0.15, 0.2) is 5.75 Å². The molecular weight excluding hydrogens is 638 g/mol. The van der Waals surface area contributed by atoms with Crippen molar-refractivity contribution >= 4 is 29.3 Å². The van der Waals surface area contributed by atoms with Crippen LogP contribution in [0.2, 0.25) is 0 Å². The number of aliphatic hydroxyl groups excluding tert-OH is 1. The number of anilines is 1. The summed E-state index contributed by atoms with van der Waals surface area (Å²) < 4.78 is 20.4. The molecule has 0 saturated carbocycles. The molecular formula is C40H46FN3O4S. The molecule has 0 bridgehead atoms. The van der Waals surface area contributed by atoms with E-state index in [4.69, 9.17) is 4.74 Å². The number of nitrogens with one attached hydrogen (secondary N) is 1. The first-order chi connectivity index (χ1) is 23.7. The van der Waals surface area contributed by atoms with Gasteiger partial charge < -0.3 is 20.1 Å². The molecule has 1 unspecified atom stereocenters. The summed E-state index contributed by atoms with van der Waals surface area (Å²) in [6.07, 6.45) is 0.996. The second-order valence-corrected chi connectivity index (χ2v) is 14.1. The molecule has 4 aromatic rings. The number of carbonyl (C=O) groups is 2. The Morgan fingerprint density at radius 2 is 1.71 bits per heavy atom. The number of amides is 2. The van der Waals surface area contributed by atoms with Crippen molar-refractivity contribution in [2.75, 3.05) is 32.1 Å². The highest BCUT2D eigenvalue weighted by atomic mass is 32.2. The Hall–Kier alpha value is -4.18. The van der Waals surface area contributed by atoms with E-state index in [0.717, 1.165) is 12.0 Å². The number of nitrogens with zero attached hydrogens (tertiary/aromatic N) is 2. The number of carbonyl (C=O) groups excluding carboxylic acids is 2. The molecule has 49 heavy (non-hydrogen) atoms. The molecule has 1 aliphatic heterocycles. The lowest BCUT2D eigenvalue weighted by atomic mass is 9.93. The Morgan fingerprint density at radius 3 is 2.39 bits per heavy atom. The van der Waals surface area contributed by atoms with Crippen LogP contribution in [0.5, 0.6) is 5.75 Å². The summed E-state index contributed by atoms with van der Waals surface area (Å²) in [5, 5.41) is 13.1. The molecule has 258 valence electrons. The van der Waals surface area contributed by atoms with E-state index < -0.39 is 12.0 Å². The fourth-order valence-electron chi connectivity index (χ4n) is 6.18. The van der Waals surface area contributed by atoms with Gasteiger partial charge >= 0.3 is 0 Å². The van der Waals surface area contributed by atoms with Crippen molar-refractivity contribution < 1.29 is 23.8 Å². The summed E-state index contributed by atoms with van der Waals surface area (Å²) in [7, 11) is 2.05. The third-order valence-electron chi connectivity index (χ3n) is 8.96. The van der Waals surface area contributed by atoms with Crippen molar-refractivity contribution in [3.8, 4) is 5.75 Å². The van der Waals surface area contributed by atoms with Gasteiger partial charge in [0, 0.05) is 35.3 Å². The smallest absolute Gasteiger partial charge is 0.258 e. The maximum atomic E-state index is 14.0. The summed E-state index contributed by atoms with van der Waals surface area (Å²) in [5.74, 6) is -1.15. The number of aliphatic hydroxyl groups is 1. The quantitative estimate of drug-likeness (QED) is 0.149. The van der Waals surface area contributed by atoms with Crippen LogP contribution in [0.1, 0.15) is 61.0 Å². The maximum Gasteiger partial charge on any atom is 0.258 e. The summed E-state index contributed by atoms with van der Waals surface area (Å²) in [6, 6.07) is 29.6. The molecule has 1 heterocycles. The number of ether oxygens (including phenoxy) is 1. The average molecular weight is 684 g/mol. The number of halogens is 1. The molecule has 1 aliphatic rings. The molecule has 0 fully saturated rings. The lowest BCUT2D eigenvalue weighted by molar-refractivity contribution is -0.117. The normalized spacial score (nSPS) is 17.4. The van der Waals surface area contributed by atoms with E-state index in [-0.39, 0.29) is 36.3 Å². The summed E-state index contributed by atoms with van der Waals surface area (Å²) in [6.45, 7) is 7.37. The molecule has 7 nitrogen and oxygen atoms in total. The van der Waals surface area contributed by atoms with Crippen LogP contribution in [0.4, 0.5) is 10.1 Å². The standard InChI is InChI=1S/C40H46FN3O4S/c1-5-10-34(30-17-19-31(41)20-18-30)39(46)42-36-14-9-13-35-38(36)48-37(27(2)23-44(40(35)47)28(3)26-45)25-43(4)24-29-15-21-33(22-16-29)49-32-11-7-6-8-12-32/h6-9,11-22,27-28,34,37,45H,5,10,23-26H2,1-4H3,(H,42,46)/t27-,28+,34?,37-/m1/s1. The SMILES string of the molecule is CCCC(C(=O)Nc1cccc2c1O[C@H](CN(C)Cc1ccc(Sc3ccccc3)cc1)[C@H](C)CN([C@@H](C)CO)C2=O)c1ccc(F)cc1. The van der Waals surface area contributed by atoms with Gasteiger partial charge in [-0.1, -0.05) is 80.6 Å². The lowest BCUT2D eigenvalue weighted by Gasteiger charge is -2.38. The van der Waals surface area contributed by atoms with E-state index in [2.05, 4.69) is 53.5 Å². The molecule has 0 saturated heterocycles. The van der Waals surface area contributed by atoms with Crippen LogP contribution in [0.15, 0.2) is 107 Å². The van der Waals surface area contributed by atoms with Gasteiger partial charge in [0.1, 0.15) is 11.9 Å². The zero-order chi connectivity index (χ0) is 34.9. The summed E-state index contributed by atoms with van der Waals surface area (Å²) >= 11 is 1.73. The van der Waals surface area contributed by atoms with Gasteiger partial charge in [-0.25, -0.2) is 4.39 Å². The largest absolute Gasteiger partial charge is 0.486 e. The van der Waals surface area contributed by atoms with E-state index in [9.17, 15) is 19.1 Å². The van der Waals surface area contributed by atoms with E-state index in [1.807, 2.05) is 39.1 Å². The number of para-hydroxylation sites is 1. The first-order valence-electron chi connectivity index (χ1n) is 16.9. The number of fused-ring (bicyclic) bond motifs is 1. The van der Waals surface area contributed by atoms with Crippen molar-refractivity contribution in [3.05, 3.63) is 120 Å². The monoisotopic (exact) mass is 683 g/mol. The van der Waals surface area contributed by atoms with E-state index in [1.165, 1.54) is 27.5 Å². The van der Waals surface area contributed by atoms with E-state index in [0.29, 0.717) is 43.1 Å². The molecule has 2 amide bonds. The molecule has 9 heteroatoms. The fourth-order valence-corrected chi connectivity index (χ4v) is 7.02. The molecule has 2 N–H and O–H groups in total. The first kappa shape index (κ1) is 36.1. The second-order valence-electron chi connectivity index (χ2n) is 12.9. The highest BCUT2D eigenvalue weighted by molar-refractivity contribution is 7.99. The number of likely N-dealkylation sites (N-methyl/N-ethyl adjacent to an activating group) is 1. The van der Waals surface area contributed by atoms with Crippen LogP contribution < -0.4 is 10.1 Å². The third-order valence-corrected chi connectivity index (χ3v) is 9.98. The fraction of sp³-hybridized carbons (Fsp3) is 0.350. The molecule has 0 spiro atoms. The van der Waals surface area contributed by atoms with Crippen molar-refractivity contribution in [2.45, 2.75) is 68.0 Å². The Labute approximate surface area is 293 Å². The topological polar surface area (TPSA) is 82.1 Å². The number of benzene rings is 4. The zero-order valence-corrected chi connectivity index (χ0v) is 29.5. The van der Waals surface area contributed by atoms with Crippen LogP contribution in [-0.2, 0) is 11.3 Å². The number of rotatable bonds is 13. The molecule has 0 aromatic heterocycles. The highest BCUT2D eigenvalue weighted by Crippen LogP contribution is 2.36. The summed E-state index contributed by atoms with van der Waals surface area (Å²) in [5.41, 5.74) is 2.63. The second kappa shape index (κ2) is 17.0. The number of hydrogen-bond acceptors (Lipinski definition) is 6. The lowest BCUT2D eigenvalue weighted by Crippen LogP contribution is -2.49. The van der Waals surface area contributed by atoms with Gasteiger partial charge in [-0.2, -0.15) is 0 Å². The van der Waals surface area contributed by atoms with Gasteiger partial charge in [0.05, 0.1) is 29.8 Å². The molecule has 4 atom stereocenters. The van der Waals surface area contributed by atoms with Gasteiger partial charge in [-0.15, -0.1) is 0 Å². The Kier molecular flexibility index (Phi) is 12.5. The average Bonchev–Trinajstić information content (AvgIpc) is 3.10. The van der Waals surface area contributed by atoms with E-state index in [1.54, 1.807) is 47.0 Å². The van der Waals surface area contributed by atoms with Gasteiger partial charge in [0.2, 0.25) is 5.91 Å². The van der Waals surface area contributed by atoms with Gasteiger partial charge in [-0.3, -0.25) is 14.5 Å². The molecule has 5 rings (SSSR count). The van der Waals surface area contributed by atoms with Crippen molar-refractivity contribution in [1.82, 2.24) is 9.80 Å². The van der Waals surface area contributed by atoms with Crippen LogP contribution >= 0.6 is 11.8 Å². The predicted molar refractivity (Wildman–Crippen MR) is 194 cm³/mol. The number of hydrogen-bond donors (Lipinski definition) is 2. The summed E-state index contributed by atoms with van der Waals surface area (Å²) in [4.78, 5) is 34.0. The van der Waals surface area contributed by atoms with Crippen molar-refractivity contribution in [2.24, 2.45) is 5.92 Å². The van der Waals surface area contributed by atoms with Crippen LogP contribution in [0.25, 0.3) is 0 Å². The minimum atomic E-state index is -0.505. The zero-order valence-electron chi connectivity index (χ0n) is 28.6. The predicted octanol–water partition coefficient (Wildman–Crippen LogP) is 7.85. The first-order valence-corrected chi connectivity index (χ1v) is 17.8.